The first kappa shape index (κ1) is 25.8. The van der Waals surface area contributed by atoms with Crippen LogP contribution in [0.15, 0.2) is 64.8 Å². The van der Waals surface area contributed by atoms with Crippen molar-refractivity contribution in [3.05, 3.63) is 92.5 Å². The van der Waals surface area contributed by atoms with Gasteiger partial charge in [-0.3, -0.25) is 9.59 Å². The molecule has 39 heavy (non-hydrogen) atoms. The molecule has 0 N–H and O–H groups in total. The van der Waals surface area contributed by atoms with Crippen molar-refractivity contribution in [1.29, 1.82) is 0 Å². The molecule has 2 heterocycles. The zero-order chi connectivity index (χ0) is 28.0. The van der Waals surface area contributed by atoms with Crippen LogP contribution >= 0.6 is 23.2 Å². The molecule has 1 saturated carbocycles. The van der Waals surface area contributed by atoms with Crippen molar-refractivity contribution < 1.29 is 9.59 Å². The highest BCUT2D eigenvalue weighted by Gasteiger charge is 2.91. The van der Waals surface area contributed by atoms with Crippen LogP contribution in [0.25, 0.3) is 0 Å². The smallest absolute Gasteiger partial charge is 0.261 e. The molecular formula is C31H28Cl2N4O2. The lowest BCUT2D eigenvalue weighted by Gasteiger charge is -2.19. The van der Waals surface area contributed by atoms with Gasteiger partial charge >= 0.3 is 0 Å². The summed E-state index contributed by atoms with van der Waals surface area (Å²) >= 11 is 13.0. The fourth-order valence-corrected chi connectivity index (χ4v) is 7.02. The molecular weight excluding hydrogens is 531 g/mol. The molecule has 0 aromatic heterocycles. The zero-order valence-electron chi connectivity index (χ0n) is 22.6. The zero-order valence-corrected chi connectivity index (χ0v) is 24.1. The van der Waals surface area contributed by atoms with Crippen LogP contribution < -0.4 is 10.0 Å². The molecule has 0 saturated heterocycles. The summed E-state index contributed by atoms with van der Waals surface area (Å²) in [5.74, 6) is -1.11. The van der Waals surface area contributed by atoms with Crippen LogP contribution in [-0.2, 0) is 9.59 Å². The van der Waals surface area contributed by atoms with Gasteiger partial charge in [0.25, 0.3) is 11.8 Å². The van der Waals surface area contributed by atoms with Gasteiger partial charge in [0, 0.05) is 16.0 Å². The molecule has 3 aliphatic rings. The average molecular weight is 559 g/mol. The second kappa shape index (κ2) is 8.51. The van der Waals surface area contributed by atoms with Crippen molar-refractivity contribution >= 4 is 57.8 Å². The monoisotopic (exact) mass is 558 g/mol. The number of halogens is 2. The highest BCUT2D eigenvalue weighted by molar-refractivity contribution is 6.39. The first-order valence-corrected chi connectivity index (χ1v) is 13.6. The minimum atomic E-state index is -1.26. The maximum atomic E-state index is 14.6. The van der Waals surface area contributed by atoms with E-state index >= 15 is 0 Å². The fraction of sp³-hybridized carbons (Fsp3) is 0.290. The second-order valence-corrected chi connectivity index (χ2v) is 11.7. The maximum Gasteiger partial charge on any atom is 0.261 e. The molecule has 2 amide bonds. The lowest BCUT2D eigenvalue weighted by molar-refractivity contribution is -0.126. The van der Waals surface area contributed by atoms with Crippen LogP contribution in [0.1, 0.15) is 47.6 Å². The van der Waals surface area contributed by atoms with Crippen molar-refractivity contribution in [1.82, 2.24) is 0 Å². The van der Waals surface area contributed by atoms with E-state index in [-0.39, 0.29) is 11.8 Å². The van der Waals surface area contributed by atoms with Gasteiger partial charge in [0.1, 0.15) is 10.8 Å². The Morgan fingerprint density at radius 1 is 0.641 bits per heavy atom. The quantitative estimate of drug-likeness (QED) is 0.342. The molecule has 6 rings (SSSR count). The highest BCUT2D eigenvalue weighted by atomic mass is 35.5. The Balaban J connectivity index is 1.54. The van der Waals surface area contributed by atoms with Crippen LogP contribution in [0.2, 0.25) is 10.0 Å². The van der Waals surface area contributed by atoms with Crippen molar-refractivity contribution in [3.63, 3.8) is 0 Å². The number of aryl methyl sites for hydroxylation is 4. The summed E-state index contributed by atoms with van der Waals surface area (Å²) in [6, 6.07) is 16.8. The number of rotatable bonds is 3. The standard InChI is InChI=1S/C31H28Cl2N4O2/c1-16-7-10-23(13-18(16)3)36-28(38)30(20(5)34-36)27(25-12-9-22(32)15-26(25)33)31(30)21(6)35-37(29(31)39)24-11-8-17(2)19(4)14-24/h7-15,27H,1-6H3. The molecule has 198 valence electrons. The molecule has 8 heteroatoms. The molecule has 6 nitrogen and oxygen atoms in total. The average Bonchev–Trinajstić information content (AvgIpc) is 3.35. The van der Waals surface area contributed by atoms with E-state index in [1.165, 1.54) is 10.0 Å². The fourth-order valence-electron chi connectivity index (χ4n) is 6.51. The van der Waals surface area contributed by atoms with E-state index in [1.807, 2.05) is 84.0 Å². The number of fused-ring (bicyclic) bond motifs is 1. The number of hydrazone groups is 2. The minimum Gasteiger partial charge on any atom is -0.271 e. The molecule has 3 aromatic rings. The van der Waals surface area contributed by atoms with Gasteiger partial charge in [0.15, 0.2) is 0 Å². The number of hydrogen-bond acceptors (Lipinski definition) is 4. The van der Waals surface area contributed by atoms with Gasteiger partial charge in [-0.2, -0.15) is 20.2 Å². The summed E-state index contributed by atoms with van der Waals surface area (Å²) in [7, 11) is 0. The summed E-state index contributed by atoms with van der Waals surface area (Å²) in [5.41, 5.74) is 4.93. The van der Waals surface area contributed by atoms with Crippen LogP contribution in [0.3, 0.4) is 0 Å². The number of amides is 2. The maximum absolute atomic E-state index is 14.6. The van der Waals surface area contributed by atoms with Gasteiger partial charge in [-0.15, -0.1) is 0 Å². The lowest BCUT2D eigenvalue weighted by Crippen LogP contribution is -2.40. The van der Waals surface area contributed by atoms with Crippen molar-refractivity contribution in [2.24, 2.45) is 21.0 Å². The molecule has 1 fully saturated rings. The number of hydrogen-bond donors (Lipinski definition) is 0. The van der Waals surface area contributed by atoms with Gasteiger partial charge in [0.2, 0.25) is 0 Å². The Hall–Kier alpha value is -3.48. The van der Waals surface area contributed by atoms with Crippen molar-refractivity contribution in [2.75, 3.05) is 10.0 Å². The molecule has 0 bridgehead atoms. The normalized spacial score (nSPS) is 25.7. The largest absolute Gasteiger partial charge is 0.271 e. The van der Waals surface area contributed by atoms with Crippen LogP contribution in [0, 0.1) is 38.5 Å². The van der Waals surface area contributed by atoms with Gasteiger partial charge in [-0.1, -0.05) is 41.4 Å². The van der Waals surface area contributed by atoms with E-state index in [0.29, 0.717) is 38.4 Å². The number of nitrogens with zero attached hydrogens (tertiary/aromatic N) is 4. The summed E-state index contributed by atoms with van der Waals surface area (Å²) in [6.45, 7) is 11.7. The van der Waals surface area contributed by atoms with Gasteiger partial charge in [-0.25, -0.2) is 0 Å². The molecule has 2 spiro atoms. The van der Waals surface area contributed by atoms with E-state index in [0.717, 1.165) is 22.3 Å². The first-order valence-electron chi connectivity index (χ1n) is 12.9. The lowest BCUT2D eigenvalue weighted by atomic mass is 9.85. The third-order valence-corrected chi connectivity index (χ3v) is 9.41. The van der Waals surface area contributed by atoms with Gasteiger partial charge < -0.3 is 0 Å². The summed E-state index contributed by atoms with van der Waals surface area (Å²) in [6.07, 6.45) is 0. The Bertz CT molecular complexity index is 1580. The van der Waals surface area contributed by atoms with Crippen molar-refractivity contribution in [3.8, 4) is 0 Å². The summed E-state index contributed by atoms with van der Waals surface area (Å²) in [5, 5.41) is 13.3. The Morgan fingerprint density at radius 2 is 1.10 bits per heavy atom. The van der Waals surface area contributed by atoms with E-state index in [9.17, 15) is 9.59 Å². The molecule has 3 aromatic carbocycles. The predicted molar refractivity (Wildman–Crippen MR) is 157 cm³/mol. The number of anilines is 2. The first-order chi connectivity index (χ1) is 18.5. The summed E-state index contributed by atoms with van der Waals surface area (Å²) in [4.78, 5) is 29.1. The Kier molecular flexibility index (Phi) is 5.62. The highest BCUT2D eigenvalue weighted by Crippen LogP contribution is 2.80. The SMILES string of the molecule is CC1=NN(c2ccc(C)c(C)c2)C(=O)C12C(c1ccc(Cl)cc1Cl)C21C(=O)N(c2ccc(C)c(C)c2)N=C1C. The van der Waals surface area contributed by atoms with Crippen LogP contribution in [-0.4, -0.2) is 23.2 Å². The molecule has 2 unspecified atom stereocenters. The van der Waals surface area contributed by atoms with Gasteiger partial charge in [0.05, 0.1) is 22.8 Å². The Morgan fingerprint density at radius 3 is 1.51 bits per heavy atom. The van der Waals surface area contributed by atoms with E-state index in [4.69, 9.17) is 33.4 Å². The molecule has 2 atom stereocenters. The Labute approximate surface area is 237 Å². The van der Waals surface area contributed by atoms with Crippen LogP contribution in [0.5, 0.6) is 0 Å². The number of carbonyl (C=O) groups is 2. The molecule has 0 radical (unpaired) electrons. The summed E-state index contributed by atoms with van der Waals surface area (Å²) < 4.78 is 0. The van der Waals surface area contributed by atoms with Gasteiger partial charge in [-0.05, 0) is 106 Å². The van der Waals surface area contributed by atoms with E-state index < -0.39 is 16.7 Å². The number of carbonyl (C=O) groups excluding carboxylic acids is 2. The topological polar surface area (TPSA) is 65.3 Å². The van der Waals surface area contributed by atoms with Crippen molar-refractivity contribution in [2.45, 2.75) is 47.5 Å². The van der Waals surface area contributed by atoms with E-state index in [1.54, 1.807) is 12.1 Å². The van der Waals surface area contributed by atoms with Crippen LogP contribution in [0.4, 0.5) is 11.4 Å². The molecule has 1 aliphatic carbocycles. The molecule has 2 aliphatic heterocycles. The second-order valence-electron chi connectivity index (χ2n) is 10.9. The third-order valence-electron chi connectivity index (χ3n) is 8.85. The van der Waals surface area contributed by atoms with E-state index in [2.05, 4.69) is 0 Å². The third kappa shape index (κ3) is 3.22. The predicted octanol–water partition coefficient (Wildman–Crippen LogP) is 7.14. The minimum absolute atomic E-state index is 0.260. The number of benzene rings is 3.